The Kier molecular flexibility index (Phi) is 4.58. The van der Waals surface area contributed by atoms with Gasteiger partial charge in [0.15, 0.2) is 0 Å². The van der Waals surface area contributed by atoms with Gasteiger partial charge in [0.05, 0.1) is 12.1 Å². The van der Waals surface area contributed by atoms with Gasteiger partial charge < -0.3 is 20.5 Å². The Balaban J connectivity index is 1.54. The zero-order valence-electron chi connectivity index (χ0n) is 12.1. The van der Waals surface area contributed by atoms with Crippen molar-refractivity contribution in [2.24, 2.45) is 17.6 Å². The van der Waals surface area contributed by atoms with E-state index in [0.29, 0.717) is 12.0 Å². The number of nitrogens with one attached hydrogen (secondary N) is 1. The van der Waals surface area contributed by atoms with Crippen LogP contribution >= 0.6 is 0 Å². The van der Waals surface area contributed by atoms with E-state index in [2.05, 4.69) is 5.32 Å². The Hall–Kier alpha value is -0.650. The fourth-order valence-electron chi connectivity index (χ4n) is 3.92. The molecule has 0 spiro atoms. The first-order valence-corrected chi connectivity index (χ1v) is 8.01. The molecule has 3 fully saturated rings. The van der Waals surface area contributed by atoms with Crippen molar-refractivity contribution in [3.05, 3.63) is 0 Å². The van der Waals surface area contributed by atoms with Gasteiger partial charge in [-0.3, -0.25) is 4.79 Å². The summed E-state index contributed by atoms with van der Waals surface area (Å²) in [5.74, 6) is 0.784. The maximum atomic E-state index is 12.4. The Morgan fingerprint density at radius 1 is 1.10 bits per heavy atom. The molecule has 0 radical (unpaired) electrons. The number of hydrogen-bond donors (Lipinski definition) is 2. The van der Waals surface area contributed by atoms with Crippen LogP contribution in [-0.4, -0.2) is 43.9 Å². The minimum Gasteiger partial charge on any atom is -0.381 e. The minimum absolute atomic E-state index is 0.0226. The molecule has 4 unspecified atom stereocenters. The van der Waals surface area contributed by atoms with Crippen LogP contribution in [0.15, 0.2) is 0 Å². The standard InChI is InChI=1S/C15H26N2O3/c16-14(10-4-7-19-8-5-10)15(18)17-12-2-1-3-13-11(12)6-9-20-13/h10-14H,1-9,16H2,(H,17,18). The molecule has 0 bridgehead atoms. The molecule has 3 N–H and O–H groups in total. The molecular weight excluding hydrogens is 256 g/mol. The molecule has 5 heteroatoms. The van der Waals surface area contributed by atoms with Crippen LogP contribution in [0.4, 0.5) is 0 Å². The summed E-state index contributed by atoms with van der Waals surface area (Å²) in [6.07, 6.45) is 6.57. The largest absolute Gasteiger partial charge is 0.381 e. The third-order valence-corrected chi connectivity index (χ3v) is 5.19. The van der Waals surface area contributed by atoms with Crippen LogP contribution in [0.5, 0.6) is 0 Å². The second-order valence-electron chi connectivity index (χ2n) is 6.38. The van der Waals surface area contributed by atoms with Crippen molar-refractivity contribution in [2.45, 2.75) is 56.7 Å². The Bertz CT molecular complexity index is 344. The third-order valence-electron chi connectivity index (χ3n) is 5.19. The maximum Gasteiger partial charge on any atom is 0.237 e. The SMILES string of the molecule is NC(C(=O)NC1CCCC2OCCC12)C1CCOCC1. The van der Waals surface area contributed by atoms with Crippen molar-refractivity contribution < 1.29 is 14.3 Å². The summed E-state index contributed by atoms with van der Waals surface area (Å²) in [5.41, 5.74) is 6.15. The second kappa shape index (κ2) is 6.41. The maximum absolute atomic E-state index is 12.4. The van der Waals surface area contributed by atoms with Crippen molar-refractivity contribution in [3.63, 3.8) is 0 Å². The van der Waals surface area contributed by atoms with E-state index in [4.69, 9.17) is 15.2 Å². The highest BCUT2D eigenvalue weighted by molar-refractivity contribution is 5.82. The fraction of sp³-hybridized carbons (Fsp3) is 0.933. The van der Waals surface area contributed by atoms with E-state index in [1.165, 1.54) is 0 Å². The molecule has 1 amide bonds. The molecule has 2 aliphatic heterocycles. The van der Waals surface area contributed by atoms with Gasteiger partial charge in [-0.2, -0.15) is 0 Å². The molecule has 2 heterocycles. The highest BCUT2D eigenvalue weighted by Gasteiger charge is 2.39. The van der Waals surface area contributed by atoms with Gasteiger partial charge in [-0.05, 0) is 44.4 Å². The molecule has 0 aromatic heterocycles. The normalized spacial score (nSPS) is 36.4. The monoisotopic (exact) mass is 282 g/mol. The Morgan fingerprint density at radius 2 is 1.90 bits per heavy atom. The average Bonchev–Trinajstić information content (AvgIpc) is 2.97. The lowest BCUT2D eigenvalue weighted by Crippen LogP contribution is -2.53. The first kappa shape index (κ1) is 14.3. The molecule has 4 atom stereocenters. The van der Waals surface area contributed by atoms with E-state index in [0.717, 1.165) is 58.3 Å². The minimum atomic E-state index is -0.387. The Morgan fingerprint density at radius 3 is 2.70 bits per heavy atom. The molecule has 3 aliphatic rings. The van der Waals surface area contributed by atoms with Crippen LogP contribution in [0.3, 0.4) is 0 Å². The number of ether oxygens (including phenoxy) is 2. The first-order valence-electron chi connectivity index (χ1n) is 8.01. The molecule has 5 nitrogen and oxygen atoms in total. The van der Waals surface area contributed by atoms with E-state index < -0.39 is 0 Å². The zero-order chi connectivity index (χ0) is 13.9. The summed E-state index contributed by atoms with van der Waals surface area (Å²) < 4.78 is 11.1. The smallest absolute Gasteiger partial charge is 0.237 e. The van der Waals surface area contributed by atoms with Crippen molar-refractivity contribution in [1.82, 2.24) is 5.32 Å². The number of carbonyl (C=O) groups is 1. The number of nitrogens with two attached hydrogens (primary N) is 1. The first-order chi connectivity index (χ1) is 9.75. The molecular formula is C15H26N2O3. The summed E-state index contributed by atoms with van der Waals surface area (Å²) in [5, 5.41) is 3.20. The average molecular weight is 282 g/mol. The highest BCUT2D eigenvalue weighted by atomic mass is 16.5. The van der Waals surface area contributed by atoms with Crippen LogP contribution in [0.25, 0.3) is 0 Å². The van der Waals surface area contributed by atoms with E-state index >= 15 is 0 Å². The van der Waals surface area contributed by atoms with E-state index in [1.807, 2.05) is 0 Å². The summed E-state index contributed by atoms with van der Waals surface area (Å²) >= 11 is 0. The molecule has 3 rings (SSSR count). The van der Waals surface area contributed by atoms with Crippen LogP contribution in [-0.2, 0) is 14.3 Å². The molecule has 2 saturated heterocycles. The highest BCUT2D eigenvalue weighted by Crippen LogP contribution is 2.34. The lowest BCUT2D eigenvalue weighted by Gasteiger charge is -2.35. The van der Waals surface area contributed by atoms with Crippen LogP contribution < -0.4 is 11.1 Å². The number of fused-ring (bicyclic) bond motifs is 1. The van der Waals surface area contributed by atoms with Crippen LogP contribution in [0.2, 0.25) is 0 Å². The van der Waals surface area contributed by atoms with E-state index in [9.17, 15) is 4.79 Å². The van der Waals surface area contributed by atoms with Gasteiger partial charge in [0.1, 0.15) is 0 Å². The van der Waals surface area contributed by atoms with E-state index in [-0.39, 0.29) is 23.9 Å². The lowest BCUT2D eigenvalue weighted by atomic mass is 9.81. The molecule has 1 aliphatic carbocycles. The van der Waals surface area contributed by atoms with Crippen molar-refractivity contribution in [2.75, 3.05) is 19.8 Å². The van der Waals surface area contributed by atoms with Crippen LogP contribution in [0, 0.1) is 11.8 Å². The van der Waals surface area contributed by atoms with Gasteiger partial charge in [0, 0.05) is 31.8 Å². The number of amides is 1. The quantitative estimate of drug-likeness (QED) is 0.803. The van der Waals surface area contributed by atoms with Crippen molar-refractivity contribution >= 4 is 5.91 Å². The fourth-order valence-corrected chi connectivity index (χ4v) is 3.92. The summed E-state index contributed by atoms with van der Waals surface area (Å²) in [4.78, 5) is 12.4. The van der Waals surface area contributed by atoms with Gasteiger partial charge in [-0.1, -0.05) is 0 Å². The lowest BCUT2D eigenvalue weighted by molar-refractivity contribution is -0.126. The van der Waals surface area contributed by atoms with Crippen LogP contribution in [0.1, 0.15) is 38.5 Å². The van der Waals surface area contributed by atoms with E-state index in [1.54, 1.807) is 0 Å². The second-order valence-corrected chi connectivity index (χ2v) is 6.38. The van der Waals surface area contributed by atoms with Gasteiger partial charge in [-0.25, -0.2) is 0 Å². The summed E-state index contributed by atoms with van der Waals surface area (Å²) in [6.45, 7) is 2.30. The Labute approximate surface area is 120 Å². The van der Waals surface area contributed by atoms with Crippen molar-refractivity contribution in [3.8, 4) is 0 Å². The number of carbonyl (C=O) groups excluding carboxylic acids is 1. The predicted molar refractivity (Wildman–Crippen MR) is 75.1 cm³/mol. The van der Waals surface area contributed by atoms with Crippen molar-refractivity contribution in [1.29, 1.82) is 0 Å². The number of rotatable bonds is 3. The zero-order valence-corrected chi connectivity index (χ0v) is 12.1. The summed E-state index contributed by atoms with van der Waals surface area (Å²) in [6, 6.07) is -0.128. The van der Waals surface area contributed by atoms with Gasteiger partial charge in [0.25, 0.3) is 0 Å². The molecule has 1 saturated carbocycles. The predicted octanol–water partition coefficient (Wildman–Crippen LogP) is 0.814. The molecule has 114 valence electrons. The molecule has 0 aromatic carbocycles. The number of hydrogen-bond acceptors (Lipinski definition) is 4. The summed E-state index contributed by atoms with van der Waals surface area (Å²) in [7, 11) is 0. The third kappa shape index (κ3) is 3.00. The topological polar surface area (TPSA) is 73.6 Å². The van der Waals surface area contributed by atoms with Gasteiger partial charge in [0.2, 0.25) is 5.91 Å². The van der Waals surface area contributed by atoms with Gasteiger partial charge >= 0.3 is 0 Å². The molecule has 0 aromatic rings. The molecule has 20 heavy (non-hydrogen) atoms. The van der Waals surface area contributed by atoms with Gasteiger partial charge in [-0.15, -0.1) is 0 Å².